The molecule has 0 unspecified atom stereocenters. The normalized spacial score (nSPS) is 29.7. The van der Waals surface area contributed by atoms with E-state index < -0.39 is 17.9 Å². The van der Waals surface area contributed by atoms with E-state index in [1.807, 2.05) is 0 Å². The number of rotatable bonds is 7. The minimum Gasteiger partial charge on any atom is -0.352 e. The first-order valence-electron chi connectivity index (χ1n) is 9.57. The van der Waals surface area contributed by atoms with E-state index in [9.17, 15) is 8.78 Å². The van der Waals surface area contributed by atoms with Crippen molar-refractivity contribution in [2.45, 2.75) is 51.6 Å². The molecule has 146 valence electrons. The average molecular weight is 370 g/mol. The van der Waals surface area contributed by atoms with Crippen molar-refractivity contribution in [3.63, 3.8) is 0 Å². The third-order valence-electron chi connectivity index (χ3n) is 4.99. The molecule has 2 aliphatic heterocycles. The highest BCUT2D eigenvalue weighted by Gasteiger charge is 2.27. The predicted octanol–water partition coefficient (Wildman–Crippen LogP) is 4.59. The van der Waals surface area contributed by atoms with Gasteiger partial charge in [-0.2, -0.15) is 0 Å². The monoisotopic (exact) mass is 370 g/mol. The lowest BCUT2D eigenvalue weighted by atomic mass is 10.0. The molecule has 2 heterocycles. The zero-order chi connectivity index (χ0) is 18.4. The summed E-state index contributed by atoms with van der Waals surface area (Å²) in [5.41, 5.74) is 0.499. The molecule has 0 bridgehead atoms. The molecule has 0 amide bonds. The van der Waals surface area contributed by atoms with Crippen LogP contribution in [0.2, 0.25) is 0 Å². The maximum Gasteiger partial charge on any atom is 0.183 e. The predicted molar refractivity (Wildman–Crippen MR) is 92.4 cm³/mol. The van der Waals surface area contributed by atoms with E-state index in [1.54, 1.807) is 0 Å². The summed E-state index contributed by atoms with van der Waals surface area (Å²) in [5.74, 6) is -0.988. The summed E-state index contributed by atoms with van der Waals surface area (Å²) in [5, 5.41) is 0. The van der Waals surface area contributed by atoms with Crippen LogP contribution in [-0.4, -0.2) is 32.7 Å². The van der Waals surface area contributed by atoms with Crippen LogP contribution in [0.15, 0.2) is 18.2 Å². The van der Waals surface area contributed by atoms with Crippen molar-refractivity contribution in [3.8, 4) is 0 Å². The van der Waals surface area contributed by atoms with Crippen molar-refractivity contribution in [1.29, 1.82) is 0 Å². The molecule has 3 rings (SSSR count). The molecule has 6 heteroatoms. The summed E-state index contributed by atoms with van der Waals surface area (Å²) < 4.78 is 49.3. The molecule has 26 heavy (non-hydrogen) atoms. The number of ether oxygens (including phenoxy) is 4. The molecule has 0 atom stereocenters. The average Bonchev–Trinajstić information content (AvgIpc) is 2.68. The van der Waals surface area contributed by atoms with Gasteiger partial charge in [0, 0.05) is 17.4 Å². The smallest absolute Gasteiger partial charge is 0.183 e. The lowest BCUT2D eigenvalue weighted by Crippen LogP contribution is -2.33. The fourth-order valence-electron chi connectivity index (χ4n) is 3.34. The van der Waals surface area contributed by atoms with Crippen LogP contribution in [0.1, 0.15) is 50.9 Å². The van der Waals surface area contributed by atoms with Gasteiger partial charge in [-0.1, -0.05) is 25.8 Å². The van der Waals surface area contributed by atoms with Crippen LogP contribution in [0.3, 0.4) is 0 Å². The summed E-state index contributed by atoms with van der Waals surface area (Å²) in [4.78, 5) is 0. The first kappa shape index (κ1) is 19.7. The van der Waals surface area contributed by atoms with Crippen molar-refractivity contribution in [1.82, 2.24) is 0 Å². The van der Waals surface area contributed by atoms with E-state index in [0.717, 1.165) is 38.2 Å². The Morgan fingerprint density at radius 2 is 1.50 bits per heavy atom. The van der Waals surface area contributed by atoms with Gasteiger partial charge in [0.05, 0.1) is 26.4 Å². The molecular weight excluding hydrogens is 342 g/mol. The molecule has 0 aliphatic carbocycles. The van der Waals surface area contributed by atoms with Gasteiger partial charge in [0.15, 0.2) is 24.2 Å². The topological polar surface area (TPSA) is 36.9 Å². The molecule has 2 fully saturated rings. The quantitative estimate of drug-likeness (QED) is 0.704. The summed E-state index contributed by atoms with van der Waals surface area (Å²) in [6, 6.07) is 3.70. The van der Waals surface area contributed by atoms with Crippen LogP contribution in [0, 0.1) is 23.5 Å². The molecule has 4 nitrogen and oxygen atoms in total. The molecule has 0 spiro atoms. The Bertz CT molecular complexity index is 553. The summed E-state index contributed by atoms with van der Waals surface area (Å²) in [6.45, 7) is 4.80. The van der Waals surface area contributed by atoms with Crippen molar-refractivity contribution in [2.75, 3.05) is 26.4 Å². The first-order valence-corrected chi connectivity index (χ1v) is 9.57. The van der Waals surface area contributed by atoms with E-state index in [2.05, 4.69) is 6.92 Å². The SMILES string of the molecule is CCCC[C@H]1CO[C@H](CC[C@H]2CO[C@H](c3ccc(F)c(F)c3)OC2)OC1. The second-order valence-electron chi connectivity index (χ2n) is 7.22. The second-order valence-corrected chi connectivity index (χ2v) is 7.22. The highest BCUT2D eigenvalue weighted by atomic mass is 19.2. The Hall–Kier alpha value is -1.08. The van der Waals surface area contributed by atoms with Gasteiger partial charge in [-0.25, -0.2) is 8.78 Å². The molecule has 0 aromatic heterocycles. The van der Waals surface area contributed by atoms with Gasteiger partial charge in [-0.15, -0.1) is 0 Å². The maximum atomic E-state index is 13.3. The molecular formula is C20H28F2O4. The minimum atomic E-state index is -0.888. The van der Waals surface area contributed by atoms with E-state index >= 15 is 0 Å². The minimum absolute atomic E-state index is 0.142. The van der Waals surface area contributed by atoms with Crippen LogP contribution >= 0.6 is 0 Å². The molecule has 1 aromatic carbocycles. The van der Waals surface area contributed by atoms with E-state index in [0.29, 0.717) is 24.7 Å². The van der Waals surface area contributed by atoms with Crippen molar-refractivity contribution in [3.05, 3.63) is 35.4 Å². The van der Waals surface area contributed by atoms with Crippen LogP contribution in [0.5, 0.6) is 0 Å². The fourth-order valence-corrected chi connectivity index (χ4v) is 3.34. The van der Waals surface area contributed by atoms with Gasteiger partial charge in [0.25, 0.3) is 0 Å². The number of benzene rings is 1. The van der Waals surface area contributed by atoms with E-state index in [1.165, 1.54) is 25.3 Å². The lowest BCUT2D eigenvalue weighted by Gasteiger charge is -2.32. The maximum absolute atomic E-state index is 13.3. The Morgan fingerprint density at radius 1 is 0.846 bits per heavy atom. The third kappa shape index (κ3) is 5.46. The zero-order valence-corrected chi connectivity index (χ0v) is 15.3. The Balaban J connectivity index is 1.35. The van der Waals surface area contributed by atoms with E-state index in [-0.39, 0.29) is 12.2 Å². The van der Waals surface area contributed by atoms with Gasteiger partial charge in [-0.3, -0.25) is 0 Å². The Morgan fingerprint density at radius 3 is 2.15 bits per heavy atom. The number of hydrogen-bond acceptors (Lipinski definition) is 4. The highest BCUT2D eigenvalue weighted by Crippen LogP contribution is 2.29. The largest absolute Gasteiger partial charge is 0.352 e. The van der Waals surface area contributed by atoms with Gasteiger partial charge in [0.2, 0.25) is 0 Å². The van der Waals surface area contributed by atoms with Gasteiger partial charge in [0.1, 0.15) is 0 Å². The van der Waals surface area contributed by atoms with Crippen LogP contribution in [0.4, 0.5) is 8.78 Å². The van der Waals surface area contributed by atoms with Crippen molar-refractivity contribution in [2.24, 2.45) is 11.8 Å². The standard InChI is InChI=1S/C20H28F2O4/c1-2-3-4-14-10-23-19(24-11-14)8-5-15-12-25-20(26-13-15)16-6-7-17(21)18(22)9-16/h6-7,9,14-15,19-20H,2-5,8,10-13H2,1H3/t14-,15-,19-,20-. The summed E-state index contributed by atoms with van der Waals surface area (Å²) >= 11 is 0. The molecule has 0 radical (unpaired) electrons. The third-order valence-corrected chi connectivity index (χ3v) is 4.99. The molecule has 0 saturated carbocycles. The summed E-state index contributed by atoms with van der Waals surface area (Å²) in [6.07, 6.45) is 4.51. The molecule has 2 aliphatic rings. The molecule has 0 N–H and O–H groups in total. The van der Waals surface area contributed by atoms with Crippen LogP contribution in [-0.2, 0) is 18.9 Å². The van der Waals surface area contributed by atoms with E-state index in [4.69, 9.17) is 18.9 Å². The fraction of sp³-hybridized carbons (Fsp3) is 0.700. The number of hydrogen-bond donors (Lipinski definition) is 0. The number of halogens is 2. The Kier molecular flexibility index (Phi) is 7.37. The first-order chi connectivity index (χ1) is 12.7. The van der Waals surface area contributed by atoms with Gasteiger partial charge >= 0.3 is 0 Å². The van der Waals surface area contributed by atoms with Gasteiger partial charge < -0.3 is 18.9 Å². The lowest BCUT2D eigenvalue weighted by molar-refractivity contribution is -0.220. The second kappa shape index (κ2) is 9.74. The highest BCUT2D eigenvalue weighted by molar-refractivity contribution is 5.19. The van der Waals surface area contributed by atoms with Gasteiger partial charge in [-0.05, 0) is 31.4 Å². The number of unbranched alkanes of at least 4 members (excludes halogenated alkanes) is 1. The summed E-state index contributed by atoms with van der Waals surface area (Å²) in [7, 11) is 0. The Labute approximate surface area is 153 Å². The van der Waals surface area contributed by atoms with Crippen LogP contribution < -0.4 is 0 Å². The van der Waals surface area contributed by atoms with Crippen molar-refractivity contribution >= 4 is 0 Å². The van der Waals surface area contributed by atoms with Crippen LogP contribution in [0.25, 0.3) is 0 Å². The molecule has 2 saturated heterocycles. The molecule has 1 aromatic rings. The zero-order valence-electron chi connectivity index (χ0n) is 15.3. The van der Waals surface area contributed by atoms with Crippen molar-refractivity contribution < 1.29 is 27.7 Å².